The number of methoxy groups -OCH3 is 1. The van der Waals surface area contributed by atoms with Crippen LogP contribution in [0.2, 0.25) is 10.0 Å². The van der Waals surface area contributed by atoms with Gasteiger partial charge in [-0.3, -0.25) is 9.59 Å². The van der Waals surface area contributed by atoms with E-state index in [1.165, 1.54) is 11.9 Å². The van der Waals surface area contributed by atoms with Crippen LogP contribution in [-0.4, -0.2) is 31.1 Å². The molecule has 0 unspecified atom stereocenters. The first kappa shape index (κ1) is 29.6. The molecule has 0 aliphatic carbocycles. The van der Waals surface area contributed by atoms with Gasteiger partial charge >= 0.3 is 5.97 Å². The number of halogens is 2. The van der Waals surface area contributed by atoms with E-state index in [-0.39, 0.29) is 12.5 Å². The molecule has 6 nitrogen and oxygen atoms in total. The van der Waals surface area contributed by atoms with E-state index in [4.69, 9.17) is 32.7 Å². The zero-order valence-electron chi connectivity index (χ0n) is 22.7. The van der Waals surface area contributed by atoms with Crippen molar-refractivity contribution in [1.82, 2.24) is 5.32 Å². The number of nitrogens with zero attached hydrogens (tertiary/aromatic N) is 1. The second-order valence-electron chi connectivity index (χ2n) is 10.0. The van der Waals surface area contributed by atoms with E-state index in [0.29, 0.717) is 22.2 Å². The molecule has 0 radical (unpaired) electrons. The summed E-state index contributed by atoms with van der Waals surface area (Å²) in [7, 11) is 1.61. The van der Waals surface area contributed by atoms with Crippen molar-refractivity contribution in [3.8, 4) is 5.75 Å². The number of hydrogen-bond donors (Lipinski definition) is 1. The molecular formula is C31H30Cl2N2O4S. The summed E-state index contributed by atoms with van der Waals surface area (Å²) >= 11 is 13.8. The third-order valence-electron chi connectivity index (χ3n) is 5.77. The average molecular weight is 598 g/mol. The van der Waals surface area contributed by atoms with Crippen molar-refractivity contribution in [1.29, 1.82) is 0 Å². The van der Waals surface area contributed by atoms with Crippen molar-refractivity contribution >= 4 is 63.5 Å². The number of rotatable bonds is 9. The van der Waals surface area contributed by atoms with Crippen molar-refractivity contribution in [3.63, 3.8) is 0 Å². The summed E-state index contributed by atoms with van der Waals surface area (Å²) in [5.41, 5.74) is 1.59. The molecule has 0 saturated carbocycles. The van der Waals surface area contributed by atoms with Crippen LogP contribution in [0.15, 0.2) is 83.8 Å². The van der Waals surface area contributed by atoms with Gasteiger partial charge in [0, 0.05) is 32.4 Å². The number of hydrogen-bond acceptors (Lipinski definition) is 6. The Hall–Kier alpha value is -3.39. The van der Waals surface area contributed by atoms with Gasteiger partial charge in [-0.15, -0.1) is 0 Å². The minimum absolute atomic E-state index is 0.0426. The number of benzene rings is 4. The maximum Gasteiger partial charge on any atom is 0.327 e. The highest BCUT2D eigenvalue weighted by Gasteiger charge is 2.23. The lowest BCUT2D eigenvalue weighted by Crippen LogP contribution is -2.31. The van der Waals surface area contributed by atoms with Crippen molar-refractivity contribution in [2.75, 3.05) is 18.0 Å². The summed E-state index contributed by atoms with van der Waals surface area (Å²) in [4.78, 5) is 27.0. The molecule has 1 amide bonds. The summed E-state index contributed by atoms with van der Waals surface area (Å²) in [6, 6.07) is 24.0. The van der Waals surface area contributed by atoms with Crippen LogP contribution in [0.5, 0.6) is 5.75 Å². The summed E-state index contributed by atoms with van der Waals surface area (Å²) in [6.45, 7) is 5.81. The second kappa shape index (κ2) is 12.9. The van der Waals surface area contributed by atoms with E-state index < -0.39 is 11.6 Å². The molecule has 4 aromatic carbocycles. The Morgan fingerprint density at radius 1 is 0.900 bits per heavy atom. The van der Waals surface area contributed by atoms with Crippen LogP contribution in [0.3, 0.4) is 0 Å². The van der Waals surface area contributed by atoms with Gasteiger partial charge in [-0.2, -0.15) is 0 Å². The van der Waals surface area contributed by atoms with Gasteiger partial charge in [0.15, 0.2) is 0 Å². The molecule has 4 aromatic rings. The third kappa shape index (κ3) is 7.84. The van der Waals surface area contributed by atoms with E-state index in [1.807, 2.05) is 79.7 Å². The largest absolute Gasteiger partial charge is 0.497 e. The number of nitrogens with one attached hydrogen (secondary N) is 1. The molecule has 4 rings (SSSR count). The maximum atomic E-state index is 13.3. The van der Waals surface area contributed by atoms with Crippen LogP contribution >= 0.6 is 35.1 Å². The van der Waals surface area contributed by atoms with Gasteiger partial charge in [-0.1, -0.05) is 59.6 Å². The first-order valence-electron chi connectivity index (χ1n) is 12.6. The molecule has 0 saturated heterocycles. The second-order valence-corrected chi connectivity index (χ2v) is 12.0. The molecule has 0 atom stereocenters. The molecule has 0 aliphatic rings. The minimum atomic E-state index is -0.638. The summed E-state index contributed by atoms with van der Waals surface area (Å²) < 4.78 is 12.7. The van der Waals surface area contributed by atoms with E-state index in [2.05, 4.69) is 5.32 Å². The normalized spacial score (nSPS) is 11.2. The molecule has 0 aromatic heterocycles. The monoisotopic (exact) mass is 596 g/mol. The van der Waals surface area contributed by atoms with Gasteiger partial charge < -0.3 is 19.1 Å². The topological polar surface area (TPSA) is 67.9 Å². The Kier molecular flexibility index (Phi) is 9.51. The van der Waals surface area contributed by atoms with Crippen LogP contribution in [0.1, 0.15) is 36.7 Å². The maximum absolute atomic E-state index is 13.3. The first-order chi connectivity index (χ1) is 19.0. The van der Waals surface area contributed by atoms with E-state index in [9.17, 15) is 9.59 Å². The average Bonchev–Trinajstić information content (AvgIpc) is 2.89. The molecule has 40 heavy (non-hydrogen) atoms. The van der Waals surface area contributed by atoms with Crippen molar-refractivity contribution in [3.05, 3.63) is 100 Å². The lowest BCUT2D eigenvalue weighted by molar-refractivity contribution is -0.152. The first-order valence-corrected chi connectivity index (χ1v) is 14.1. The fraction of sp³-hybridized carbons (Fsp3) is 0.226. The van der Waals surface area contributed by atoms with Gasteiger partial charge in [0.2, 0.25) is 0 Å². The Morgan fingerprint density at radius 2 is 1.55 bits per heavy atom. The Balaban J connectivity index is 1.66. The number of anilines is 1. The number of carbonyl (C=O) groups is 2. The van der Waals surface area contributed by atoms with Gasteiger partial charge in [-0.25, -0.2) is 0 Å². The highest BCUT2D eigenvalue weighted by Crippen LogP contribution is 2.37. The van der Waals surface area contributed by atoms with Crippen LogP contribution in [0, 0.1) is 0 Å². The standard InChI is InChI=1S/C31H30Cl2N2O4S/c1-31(2,3)39-29(36)19-35(40-24-16-21(32)15-22(33)17-24)28-10-6-7-25-26(28)8-5-9-27(25)30(37)34-18-20-11-13-23(38-4)14-12-20/h5-17H,18-19H2,1-4H3,(H,34,37). The molecule has 1 N–H and O–H groups in total. The Morgan fingerprint density at radius 3 is 2.20 bits per heavy atom. The number of fused-ring (bicyclic) bond motifs is 1. The van der Waals surface area contributed by atoms with Gasteiger partial charge in [-0.05, 0) is 86.1 Å². The number of carbonyl (C=O) groups excluding carboxylic acids is 2. The zero-order chi connectivity index (χ0) is 28.9. The van der Waals surface area contributed by atoms with E-state index >= 15 is 0 Å². The van der Waals surface area contributed by atoms with Crippen LogP contribution in [0.4, 0.5) is 5.69 Å². The van der Waals surface area contributed by atoms with Crippen LogP contribution in [0.25, 0.3) is 10.8 Å². The molecule has 0 aliphatic heterocycles. The molecule has 0 bridgehead atoms. The van der Waals surface area contributed by atoms with Gasteiger partial charge in [0.05, 0.1) is 12.8 Å². The Labute approximate surface area is 248 Å². The van der Waals surface area contributed by atoms with Crippen molar-refractivity contribution in [2.45, 2.75) is 37.8 Å². The van der Waals surface area contributed by atoms with Gasteiger partial charge in [0.1, 0.15) is 17.9 Å². The number of amides is 1. The predicted octanol–water partition coefficient (Wildman–Crippen LogP) is 7.94. The van der Waals surface area contributed by atoms with Crippen molar-refractivity contribution in [2.24, 2.45) is 0 Å². The molecule has 9 heteroatoms. The molecule has 0 spiro atoms. The minimum Gasteiger partial charge on any atom is -0.497 e. The Bertz CT molecular complexity index is 1500. The molecule has 0 heterocycles. The summed E-state index contributed by atoms with van der Waals surface area (Å²) in [6.07, 6.45) is 0. The smallest absolute Gasteiger partial charge is 0.327 e. The molecule has 0 fully saturated rings. The fourth-order valence-corrected chi connectivity index (χ4v) is 5.79. The van der Waals surface area contributed by atoms with Crippen LogP contribution < -0.4 is 14.4 Å². The van der Waals surface area contributed by atoms with E-state index in [0.717, 1.165) is 32.7 Å². The van der Waals surface area contributed by atoms with Gasteiger partial charge in [0.25, 0.3) is 5.91 Å². The SMILES string of the molecule is COc1ccc(CNC(=O)c2cccc3c(N(CC(=O)OC(C)(C)C)Sc4cc(Cl)cc(Cl)c4)cccc23)cc1. The predicted molar refractivity (Wildman–Crippen MR) is 164 cm³/mol. The highest BCUT2D eigenvalue weighted by atomic mass is 35.5. The van der Waals surface area contributed by atoms with Crippen LogP contribution in [-0.2, 0) is 16.1 Å². The lowest BCUT2D eigenvalue weighted by atomic mass is 10.0. The van der Waals surface area contributed by atoms with Crippen molar-refractivity contribution < 1.29 is 19.1 Å². The summed E-state index contributed by atoms with van der Waals surface area (Å²) in [5.74, 6) is 0.163. The number of ether oxygens (including phenoxy) is 2. The molecular weight excluding hydrogens is 567 g/mol. The van der Waals surface area contributed by atoms with E-state index in [1.54, 1.807) is 31.4 Å². The fourth-order valence-electron chi connectivity index (χ4n) is 4.10. The quantitative estimate of drug-likeness (QED) is 0.156. The molecule has 208 valence electrons. The lowest BCUT2D eigenvalue weighted by Gasteiger charge is -2.27. The highest BCUT2D eigenvalue weighted by molar-refractivity contribution is 8.00. The summed E-state index contributed by atoms with van der Waals surface area (Å²) in [5, 5.41) is 5.54. The third-order valence-corrected chi connectivity index (χ3v) is 7.20. The number of esters is 1. The zero-order valence-corrected chi connectivity index (χ0v) is 25.0.